The van der Waals surface area contributed by atoms with Crippen molar-refractivity contribution in [3.63, 3.8) is 0 Å². The molecule has 1 saturated carbocycles. The molecule has 11 heteroatoms. The number of hydrogen-bond acceptors (Lipinski definition) is 8. The Hall–Kier alpha value is -3.08. The van der Waals surface area contributed by atoms with Crippen LogP contribution >= 0.6 is 11.6 Å². The first-order valence-electron chi connectivity index (χ1n) is 10.6. The molecule has 3 N–H and O–H groups in total. The lowest BCUT2D eigenvalue weighted by Crippen LogP contribution is -2.06. The van der Waals surface area contributed by atoms with Crippen molar-refractivity contribution in [1.82, 2.24) is 15.3 Å². The van der Waals surface area contributed by atoms with E-state index in [9.17, 15) is 13.6 Å². The Labute approximate surface area is 200 Å². The summed E-state index contributed by atoms with van der Waals surface area (Å²) in [6, 6.07) is 8.10. The quantitative estimate of drug-likeness (QED) is 0.397. The van der Waals surface area contributed by atoms with Gasteiger partial charge in [0.25, 0.3) is 0 Å². The average Bonchev–Trinajstić information content (AvgIpc) is 3.56. The molecule has 1 aliphatic carbocycles. The number of rotatable bonds is 10. The summed E-state index contributed by atoms with van der Waals surface area (Å²) in [4.78, 5) is 19.1. The summed E-state index contributed by atoms with van der Waals surface area (Å²) in [6.07, 6.45) is 4.32. The van der Waals surface area contributed by atoms with Crippen LogP contribution < -0.4 is 20.5 Å². The predicted octanol–water partition coefficient (Wildman–Crippen LogP) is 4.46. The lowest BCUT2D eigenvalue weighted by Gasteiger charge is -2.12. The van der Waals surface area contributed by atoms with Gasteiger partial charge in [-0.15, -0.1) is 0 Å². The van der Waals surface area contributed by atoms with Crippen molar-refractivity contribution in [3.8, 4) is 23.0 Å². The van der Waals surface area contributed by atoms with E-state index in [1.807, 2.05) is 19.2 Å². The molecule has 0 bridgehead atoms. The van der Waals surface area contributed by atoms with E-state index in [4.69, 9.17) is 26.5 Å². The molecular weight excluding hydrogens is 470 g/mol. The van der Waals surface area contributed by atoms with E-state index in [0.29, 0.717) is 29.4 Å². The molecule has 0 unspecified atom stereocenters. The molecule has 8 nitrogen and oxygen atoms in total. The van der Waals surface area contributed by atoms with Gasteiger partial charge < -0.3 is 24.9 Å². The third kappa shape index (κ3) is 7.47. The summed E-state index contributed by atoms with van der Waals surface area (Å²) in [5.41, 5.74) is 7.09. The molecule has 0 spiro atoms. The van der Waals surface area contributed by atoms with Gasteiger partial charge in [0.2, 0.25) is 5.89 Å². The largest absolute Gasteiger partial charge is 0.489 e. The minimum absolute atomic E-state index is 0.0265. The Morgan fingerprint density at radius 1 is 1.29 bits per heavy atom. The second kappa shape index (κ2) is 12.4. The number of nitrogens with one attached hydrogen (secondary N) is 1. The van der Waals surface area contributed by atoms with Gasteiger partial charge in [-0.25, -0.2) is 4.98 Å². The SMILES string of the molecule is CNCc1ccc(Cl)cn1.NCc1oc(-c2ccc(OC(F)F)c(OCC3CC3)c2)nc1C=O. The highest BCUT2D eigenvalue weighted by Gasteiger charge is 2.23. The average molecular weight is 495 g/mol. The van der Waals surface area contributed by atoms with E-state index in [1.54, 1.807) is 6.20 Å². The first-order chi connectivity index (χ1) is 16.4. The number of benzene rings is 1. The molecule has 2 heterocycles. The Morgan fingerprint density at radius 3 is 2.65 bits per heavy atom. The normalized spacial score (nSPS) is 12.8. The molecule has 34 heavy (non-hydrogen) atoms. The maximum Gasteiger partial charge on any atom is 0.387 e. The van der Waals surface area contributed by atoms with Crippen LogP contribution in [0.25, 0.3) is 11.5 Å². The summed E-state index contributed by atoms with van der Waals surface area (Å²) < 4.78 is 40.6. The summed E-state index contributed by atoms with van der Waals surface area (Å²) in [7, 11) is 1.89. The zero-order valence-corrected chi connectivity index (χ0v) is 19.2. The number of aldehydes is 1. The molecule has 0 atom stereocenters. The number of carbonyl (C=O) groups is 1. The number of halogens is 3. The molecule has 2 aromatic heterocycles. The molecular formula is C23H25ClF2N4O4. The summed E-state index contributed by atoms with van der Waals surface area (Å²) in [6.45, 7) is -1.70. The number of oxazole rings is 1. The van der Waals surface area contributed by atoms with E-state index in [1.165, 1.54) is 18.2 Å². The Morgan fingerprint density at radius 2 is 2.09 bits per heavy atom. The number of aromatic nitrogens is 2. The maximum absolute atomic E-state index is 12.5. The van der Waals surface area contributed by atoms with Gasteiger partial charge in [0, 0.05) is 18.3 Å². The summed E-state index contributed by atoms with van der Waals surface area (Å²) in [5.74, 6) is 0.988. The highest BCUT2D eigenvalue weighted by atomic mass is 35.5. The van der Waals surface area contributed by atoms with Crippen LogP contribution in [0.2, 0.25) is 5.02 Å². The monoisotopic (exact) mass is 494 g/mol. The van der Waals surface area contributed by atoms with Crippen LogP contribution in [-0.4, -0.2) is 36.5 Å². The van der Waals surface area contributed by atoms with Gasteiger partial charge in [-0.2, -0.15) is 8.78 Å². The van der Waals surface area contributed by atoms with Gasteiger partial charge in [-0.05, 0) is 56.1 Å². The highest BCUT2D eigenvalue weighted by Crippen LogP contribution is 2.36. The predicted molar refractivity (Wildman–Crippen MR) is 122 cm³/mol. The minimum Gasteiger partial charge on any atom is -0.489 e. The van der Waals surface area contributed by atoms with Crippen LogP contribution in [-0.2, 0) is 13.1 Å². The Kier molecular flexibility index (Phi) is 9.32. The van der Waals surface area contributed by atoms with Crippen molar-refractivity contribution >= 4 is 17.9 Å². The molecule has 0 radical (unpaired) electrons. The number of carbonyl (C=O) groups excluding carboxylic acids is 1. The topological polar surface area (TPSA) is 112 Å². The summed E-state index contributed by atoms with van der Waals surface area (Å²) >= 11 is 5.63. The van der Waals surface area contributed by atoms with E-state index >= 15 is 0 Å². The molecule has 1 fully saturated rings. The zero-order valence-electron chi connectivity index (χ0n) is 18.5. The lowest BCUT2D eigenvalue weighted by molar-refractivity contribution is -0.0515. The fourth-order valence-corrected chi connectivity index (χ4v) is 2.97. The maximum atomic E-state index is 12.5. The standard InChI is InChI=1S/C16H16F2N2O4.C7H9ClN2/c17-16(18)24-12-4-3-10(5-13(12)22-8-9-1-2-9)15-20-11(7-21)14(6-19)23-15;1-9-5-7-3-2-6(8)4-10-7/h3-5,7,9,16H,1-2,6,8,19H2;2-4,9H,5H2,1H3. The van der Waals surface area contributed by atoms with Gasteiger partial charge in [0.1, 0.15) is 11.5 Å². The first-order valence-corrected chi connectivity index (χ1v) is 10.9. The number of nitrogens with zero attached hydrogens (tertiary/aromatic N) is 2. The molecule has 1 aromatic carbocycles. The van der Waals surface area contributed by atoms with Crippen LogP contribution in [0.4, 0.5) is 8.78 Å². The van der Waals surface area contributed by atoms with Gasteiger partial charge in [-0.1, -0.05) is 11.6 Å². The van der Waals surface area contributed by atoms with E-state index in [-0.39, 0.29) is 35.4 Å². The summed E-state index contributed by atoms with van der Waals surface area (Å²) in [5, 5.41) is 3.68. The van der Waals surface area contributed by atoms with E-state index in [2.05, 4.69) is 20.0 Å². The number of hydrogen-bond donors (Lipinski definition) is 2. The van der Waals surface area contributed by atoms with Crippen LogP contribution in [0.5, 0.6) is 11.5 Å². The van der Waals surface area contributed by atoms with Crippen molar-refractivity contribution in [2.45, 2.75) is 32.5 Å². The zero-order chi connectivity index (χ0) is 24.5. The van der Waals surface area contributed by atoms with Crippen LogP contribution in [0.15, 0.2) is 40.9 Å². The van der Waals surface area contributed by atoms with Crippen LogP contribution in [0.1, 0.15) is 34.8 Å². The third-order valence-electron chi connectivity index (χ3n) is 4.75. The smallest absolute Gasteiger partial charge is 0.387 e. The Balaban J connectivity index is 0.000000271. The van der Waals surface area contributed by atoms with Gasteiger partial charge in [-0.3, -0.25) is 9.78 Å². The minimum atomic E-state index is -2.95. The Bertz CT molecular complexity index is 1080. The van der Waals surface area contributed by atoms with Gasteiger partial charge in [0.15, 0.2) is 17.8 Å². The molecule has 4 rings (SSSR count). The highest BCUT2D eigenvalue weighted by molar-refractivity contribution is 6.30. The number of ether oxygens (including phenoxy) is 2. The molecule has 0 saturated heterocycles. The molecule has 0 aliphatic heterocycles. The second-order valence-corrected chi connectivity index (χ2v) is 7.88. The number of pyridine rings is 1. The van der Waals surface area contributed by atoms with Crippen molar-refractivity contribution < 1.29 is 27.5 Å². The molecule has 1 aliphatic rings. The van der Waals surface area contributed by atoms with Crippen LogP contribution in [0.3, 0.4) is 0 Å². The number of nitrogens with two attached hydrogens (primary N) is 1. The molecule has 0 amide bonds. The third-order valence-corrected chi connectivity index (χ3v) is 4.97. The fourth-order valence-electron chi connectivity index (χ4n) is 2.86. The molecule has 3 aromatic rings. The first kappa shape index (κ1) is 25.5. The fraction of sp³-hybridized carbons (Fsp3) is 0.348. The van der Waals surface area contributed by atoms with E-state index < -0.39 is 6.61 Å². The number of alkyl halides is 2. The second-order valence-electron chi connectivity index (χ2n) is 7.44. The van der Waals surface area contributed by atoms with Gasteiger partial charge >= 0.3 is 6.61 Å². The molecule has 182 valence electrons. The van der Waals surface area contributed by atoms with Crippen LogP contribution in [0, 0.1) is 5.92 Å². The van der Waals surface area contributed by atoms with E-state index in [0.717, 1.165) is 25.1 Å². The van der Waals surface area contributed by atoms with Crippen molar-refractivity contribution in [2.24, 2.45) is 11.7 Å². The van der Waals surface area contributed by atoms with Crippen molar-refractivity contribution in [3.05, 3.63) is 58.7 Å². The van der Waals surface area contributed by atoms with Crippen molar-refractivity contribution in [1.29, 1.82) is 0 Å². The van der Waals surface area contributed by atoms with Crippen molar-refractivity contribution in [2.75, 3.05) is 13.7 Å². The lowest BCUT2D eigenvalue weighted by atomic mass is 10.2. The van der Waals surface area contributed by atoms with Gasteiger partial charge in [0.05, 0.1) is 23.9 Å².